The molecule has 2 aliphatic rings. The van der Waals surface area contributed by atoms with Crippen LogP contribution in [0.4, 0.5) is 0 Å². The Morgan fingerprint density at radius 3 is 2.62 bits per heavy atom. The van der Waals surface area contributed by atoms with Crippen LogP contribution in [0.1, 0.15) is 30.4 Å². The van der Waals surface area contributed by atoms with Gasteiger partial charge in [-0.15, -0.1) is 0 Å². The molecule has 2 fully saturated rings. The molecule has 0 N–H and O–H groups in total. The lowest BCUT2D eigenvalue weighted by molar-refractivity contribution is -0.149. The fourth-order valence-corrected chi connectivity index (χ4v) is 3.55. The van der Waals surface area contributed by atoms with Crippen molar-refractivity contribution in [3.63, 3.8) is 0 Å². The zero-order valence-electron chi connectivity index (χ0n) is 14.4. The van der Waals surface area contributed by atoms with Gasteiger partial charge in [0.1, 0.15) is 6.04 Å². The van der Waals surface area contributed by atoms with Crippen molar-refractivity contribution >= 4 is 11.8 Å². The molecular weight excluding hydrogens is 304 g/mol. The third-order valence-electron chi connectivity index (χ3n) is 5.03. The Morgan fingerprint density at radius 2 is 1.88 bits per heavy atom. The minimum atomic E-state index is -0.298. The molecule has 1 aromatic carbocycles. The number of aryl methyl sites for hydroxylation is 1. The first-order chi connectivity index (χ1) is 11.7. The van der Waals surface area contributed by atoms with Crippen molar-refractivity contribution in [1.82, 2.24) is 9.80 Å². The fraction of sp³-hybridized carbons (Fsp3) is 0.579. The smallest absolute Gasteiger partial charge is 0.245 e. The highest BCUT2D eigenvalue weighted by molar-refractivity contribution is 5.89. The molecule has 5 heteroatoms. The van der Waals surface area contributed by atoms with Crippen molar-refractivity contribution in [3.05, 3.63) is 35.4 Å². The largest absolute Gasteiger partial charge is 0.378 e. The van der Waals surface area contributed by atoms with Crippen molar-refractivity contribution in [2.75, 3.05) is 32.8 Å². The van der Waals surface area contributed by atoms with Gasteiger partial charge in [-0.2, -0.15) is 0 Å². The van der Waals surface area contributed by atoms with Crippen molar-refractivity contribution in [3.8, 4) is 0 Å². The van der Waals surface area contributed by atoms with E-state index in [9.17, 15) is 9.59 Å². The standard InChI is InChI=1S/C19H26N2O3/c1-15-6-2-3-7-16(15)14-18(22)21-9-5-4-8-17(21)19(23)20-10-12-24-13-11-20/h2-3,6-7,17H,4-5,8-14H2,1H3/t17-/m1/s1. The third kappa shape index (κ3) is 3.78. The zero-order valence-corrected chi connectivity index (χ0v) is 14.4. The Kier molecular flexibility index (Phi) is 5.51. The van der Waals surface area contributed by atoms with Gasteiger partial charge in [-0.1, -0.05) is 24.3 Å². The van der Waals surface area contributed by atoms with Crippen LogP contribution in [0.15, 0.2) is 24.3 Å². The van der Waals surface area contributed by atoms with Gasteiger partial charge in [0.2, 0.25) is 11.8 Å². The molecule has 2 saturated heterocycles. The van der Waals surface area contributed by atoms with E-state index in [-0.39, 0.29) is 17.9 Å². The number of morpholine rings is 1. The number of amides is 2. The van der Waals surface area contributed by atoms with Gasteiger partial charge in [-0.25, -0.2) is 0 Å². The first kappa shape index (κ1) is 17.0. The second kappa shape index (κ2) is 7.79. The van der Waals surface area contributed by atoms with Gasteiger partial charge in [0.05, 0.1) is 19.6 Å². The molecule has 130 valence electrons. The number of piperidine rings is 1. The first-order valence-electron chi connectivity index (χ1n) is 8.87. The summed E-state index contributed by atoms with van der Waals surface area (Å²) in [5.74, 6) is 0.159. The van der Waals surface area contributed by atoms with E-state index in [0.29, 0.717) is 39.3 Å². The van der Waals surface area contributed by atoms with Gasteiger partial charge in [0.25, 0.3) is 0 Å². The molecular formula is C19H26N2O3. The highest BCUT2D eigenvalue weighted by Crippen LogP contribution is 2.21. The van der Waals surface area contributed by atoms with E-state index in [1.165, 1.54) is 0 Å². The van der Waals surface area contributed by atoms with Crippen LogP contribution < -0.4 is 0 Å². The Balaban J connectivity index is 1.70. The minimum absolute atomic E-state index is 0.0654. The minimum Gasteiger partial charge on any atom is -0.378 e. The van der Waals surface area contributed by atoms with Crippen molar-refractivity contribution in [2.45, 2.75) is 38.6 Å². The molecule has 0 bridgehead atoms. The third-order valence-corrected chi connectivity index (χ3v) is 5.03. The number of nitrogens with zero attached hydrogens (tertiary/aromatic N) is 2. The number of benzene rings is 1. The lowest BCUT2D eigenvalue weighted by Crippen LogP contribution is -2.55. The maximum Gasteiger partial charge on any atom is 0.245 e. The van der Waals surface area contributed by atoms with E-state index in [2.05, 4.69) is 0 Å². The van der Waals surface area contributed by atoms with Gasteiger partial charge in [0, 0.05) is 19.6 Å². The summed E-state index contributed by atoms with van der Waals surface area (Å²) in [6.45, 7) is 5.16. The Hall–Kier alpha value is -1.88. The molecule has 0 saturated carbocycles. The number of hydrogen-bond acceptors (Lipinski definition) is 3. The Labute approximate surface area is 143 Å². The van der Waals surface area contributed by atoms with E-state index >= 15 is 0 Å². The predicted molar refractivity (Wildman–Crippen MR) is 91.6 cm³/mol. The number of rotatable bonds is 3. The van der Waals surface area contributed by atoms with E-state index in [4.69, 9.17) is 4.74 Å². The second-order valence-corrected chi connectivity index (χ2v) is 6.64. The highest BCUT2D eigenvalue weighted by Gasteiger charge is 2.35. The van der Waals surface area contributed by atoms with Gasteiger partial charge in [0.15, 0.2) is 0 Å². The van der Waals surface area contributed by atoms with Crippen LogP contribution in [0, 0.1) is 6.92 Å². The molecule has 1 aromatic rings. The van der Waals surface area contributed by atoms with Crippen molar-refractivity contribution in [2.24, 2.45) is 0 Å². The van der Waals surface area contributed by atoms with Crippen molar-refractivity contribution in [1.29, 1.82) is 0 Å². The molecule has 0 unspecified atom stereocenters. The monoisotopic (exact) mass is 330 g/mol. The average molecular weight is 330 g/mol. The predicted octanol–water partition coefficient (Wildman–Crippen LogP) is 1.78. The van der Waals surface area contributed by atoms with Crippen LogP contribution in [0.3, 0.4) is 0 Å². The molecule has 3 rings (SSSR count). The summed E-state index contributed by atoms with van der Waals surface area (Å²) < 4.78 is 5.33. The van der Waals surface area contributed by atoms with Crippen LogP contribution >= 0.6 is 0 Å². The van der Waals surface area contributed by atoms with Gasteiger partial charge >= 0.3 is 0 Å². The fourth-order valence-electron chi connectivity index (χ4n) is 3.55. The number of likely N-dealkylation sites (tertiary alicyclic amines) is 1. The summed E-state index contributed by atoms with van der Waals surface area (Å²) in [5, 5.41) is 0. The molecule has 5 nitrogen and oxygen atoms in total. The number of ether oxygens (including phenoxy) is 1. The number of carbonyl (C=O) groups is 2. The lowest BCUT2D eigenvalue weighted by Gasteiger charge is -2.39. The second-order valence-electron chi connectivity index (χ2n) is 6.64. The molecule has 0 aliphatic carbocycles. The topological polar surface area (TPSA) is 49.9 Å². The van der Waals surface area contributed by atoms with Crippen LogP contribution in [-0.2, 0) is 20.7 Å². The van der Waals surface area contributed by atoms with Crippen molar-refractivity contribution < 1.29 is 14.3 Å². The molecule has 2 aliphatic heterocycles. The summed E-state index contributed by atoms with van der Waals surface area (Å²) in [6, 6.07) is 7.66. The summed E-state index contributed by atoms with van der Waals surface area (Å²) in [7, 11) is 0. The summed E-state index contributed by atoms with van der Waals surface area (Å²) in [5.41, 5.74) is 2.17. The molecule has 2 amide bonds. The van der Waals surface area contributed by atoms with Gasteiger partial charge in [-0.3, -0.25) is 9.59 Å². The van der Waals surface area contributed by atoms with E-state index in [1.807, 2.05) is 41.0 Å². The molecule has 0 spiro atoms. The van der Waals surface area contributed by atoms with Crippen LogP contribution in [0.25, 0.3) is 0 Å². The molecule has 24 heavy (non-hydrogen) atoms. The van der Waals surface area contributed by atoms with Gasteiger partial charge in [-0.05, 0) is 37.3 Å². The first-order valence-corrected chi connectivity index (χ1v) is 8.87. The maximum atomic E-state index is 12.9. The van der Waals surface area contributed by atoms with Crippen LogP contribution in [0.5, 0.6) is 0 Å². The molecule has 1 atom stereocenters. The molecule has 0 aromatic heterocycles. The van der Waals surface area contributed by atoms with Gasteiger partial charge < -0.3 is 14.5 Å². The maximum absolute atomic E-state index is 12.9. The van der Waals surface area contributed by atoms with Crippen LogP contribution in [-0.4, -0.2) is 60.5 Å². The normalized spacial score (nSPS) is 21.6. The zero-order chi connectivity index (χ0) is 16.9. The lowest BCUT2D eigenvalue weighted by atomic mass is 9.98. The number of carbonyl (C=O) groups excluding carboxylic acids is 2. The molecule has 2 heterocycles. The summed E-state index contributed by atoms with van der Waals surface area (Å²) >= 11 is 0. The molecule has 0 radical (unpaired) electrons. The van der Waals surface area contributed by atoms with E-state index in [1.54, 1.807) is 0 Å². The highest BCUT2D eigenvalue weighted by atomic mass is 16.5. The van der Waals surface area contributed by atoms with E-state index in [0.717, 1.165) is 30.4 Å². The number of hydrogen-bond donors (Lipinski definition) is 0. The summed E-state index contributed by atoms with van der Waals surface area (Å²) in [6.07, 6.45) is 3.14. The average Bonchev–Trinajstić information content (AvgIpc) is 2.63. The Morgan fingerprint density at radius 1 is 1.12 bits per heavy atom. The summed E-state index contributed by atoms with van der Waals surface area (Å²) in [4.78, 5) is 29.4. The van der Waals surface area contributed by atoms with E-state index < -0.39 is 0 Å². The van der Waals surface area contributed by atoms with Crippen LogP contribution in [0.2, 0.25) is 0 Å². The quantitative estimate of drug-likeness (QED) is 0.849. The Bertz CT molecular complexity index is 596. The SMILES string of the molecule is Cc1ccccc1CC(=O)N1CCCC[C@@H]1C(=O)N1CCOCC1.